The van der Waals surface area contributed by atoms with Gasteiger partial charge in [-0.1, -0.05) is 12.1 Å². The molecule has 0 atom stereocenters. The molecule has 1 aromatic heterocycles. The molecule has 1 saturated heterocycles. The van der Waals surface area contributed by atoms with E-state index >= 15 is 0 Å². The van der Waals surface area contributed by atoms with E-state index in [1.807, 2.05) is 23.2 Å². The topological polar surface area (TPSA) is 50.3 Å². The summed E-state index contributed by atoms with van der Waals surface area (Å²) in [4.78, 5) is 15.5. The molecule has 2 heterocycles. The van der Waals surface area contributed by atoms with Crippen molar-refractivity contribution in [3.05, 3.63) is 39.4 Å². The molecule has 2 aromatic rings. The van der Waals surface area contributed by atoms with Gasteiger partial charge in [-0.3, -0.25) is 4.79 Å². The van der Waals surface area contributed by atoms with Crippen LogP contribution in [0, 0.1) is 4.77 Å². The van der Waals surface area contributed by atoms with Gasteiger partial charge in [-0.25, -0.2) is 0 Å². The number of nitrogens with one attached hydrogen (secondary N) is 1. The van der Waals surface area contributed by atoms with Crippen LogP contribution >= 0.6 is 12.2 Å². The number of rotatable bonds is 1. The van der Waals surface area contributed by atoms with Crippen LogP contribution < -0.4 is 10.6 Å². The Kier molecular flexibility index (Phi) is 2.89. The van der Waals surface area contributed by atoms with Crippen LogP contribution in [0.3, 0.4) is 0 Å². The van der Waals surface area contributed by atoms with E-state index in [1.165, 1.54) is 0 Å². The zero-order valence-electron chi connectivity index (χ0n) is 9.76. The molecular weight excluding hydrogens is 250 g/mol. The predicted molar refractivity (Wildman–Crippen MR) is 72.2 cm³/mol. The van der Waals surface area contributed by atoms with Gasteiger partial charge in [0.25, 0.3) is 5.56 Å². The van der Waals surface area contributed by atoms with E-state index in [1.54, 1.807) is 10.7 Å². The van der Waals surface area contributed by atoms with Crippen LogP contribution in [0.25, 0.3) is 10.9 Å². The van der Waals surface area contributed by atoms with Gasteiger partial charge in [0.2, 0.25) is 0 Å². The second-order valence-electron chi connectivity index (χ2n) is 4.16. The molecule has 1 aliphatic heterocycles. The third-order valence-electron chi connectivity index (χ3n) is 3.05. The lowest BCUT2D eigenvalue weighted by Crippen LogP contribution is -2.49. The van der Waals surface area contributed by atoms with Gasteiger partial charge in [0.1, 0.15) is 0 Å². The monoisotopic (exact) mass is 263 g/mol. The van der Waals surface area contributed by atoms with Crippen LogP contribution in [-0.2, 0) is 4.74 Å². The van der Waals surface area contributed by atoms with Gasteiger partial charge in [0, 0.05) is 0 Å². The molecule has 0 unspecified atom stereocenters. The summed E-state index contributed by atoms with van der Waals surface area (Å²) in [5, 5.41) is 2.58. The first-order valence-electron chi connectivity index (χ1n) is 5.84. The van der Waals surface area contributed by atoms with Gasteiger partial charge >= 0.3 is 0 Å². The molecule has 0 spiro atoms. The summed E-state index contributed by atoms with van der Waals surface area (Å²) >= 11 is 5.27. The lowest BCUT2D eigenvalue weighted by molar-refractivity contribution is 0.110. The van der Waals surface area contributed by atoms with Crippen LogP contribution in [-0.4, -0.2) is 36.0 Å². The van der Waals surface area contributed by atoms with Crippen molar-refractivity contribution < 1.29 is 4.74 Å². The number of hydrogen-bond acceptors (Lipinski definition) is 4. The summed E-state index contributed by atoms with van der Waals surface area (Å²) in [5.41, 5.74) is 0.702. The summed E-state index contributed by atoms with van der Waals surface area (Å²) in [7, 11) is 0. The molecule has 1 fully saturated rings. The number of aromatic nitrogens is 2. The van der Waals surface area contributed by atoms with E-state index in [0.29, 0.717) is 36.5 Å². The molecule has 1 N–H and O–H groups in total. The Labute approximate surface area is 109 Å². The van der Waals surface area contributed by atoms with Crippen molar-refractivity contribution in [3.8, 4) is 0 Å². The number of H-pyrrole nitrogens is 1. The molecule has 1 aromatic carbocycles. The molecule has 6 heteroatoms. The smallest absolute Gasteiger partial charge is 0.280 e. The van der Waals surface area contributed by atoms with Crippen molar-refractivity contribution in [1.29, 1.82) is 0 Å². The third kappa shape index (κ3) is 1.83. The average molecular weight is 263 g/mol. The lowest BCUT2D eigenvalue weighted by atomic mass is 10.2. The molecule has 0 aliphatic carbocycles. The summed E-state index contributed by atoms with van der Waals surface area (Å²) in [5.74, 6) is 0. The normalized spacial score (nSPS) is 16.1. The van der Waals surface area contributed by atoms with Crippen LogP contribution in [0.15, 0.2) is 29.1 Å². The highest BCUT2D eigenvalue weighted by molar-refractivity contribution is 7.71. The molecule has 94 valence electrons. The van der Waals surface area contributed by atoms with E-state index < -0.39 is 0 Å². The zero-order chi connectivity index (χ0) is 12.5. The van der Waals surface area contributed by atoms with Gasteiger partial charge in [-0.15, -0.1) is 0 Å². The first-order chi connectivity index (χ1) is 8.77. The Morgan fingerprint density at radius 2 is 1.94 bits per heavy atom. The van der Waals surface area contributed by atoms with Gasteiger partial charge in [0.15, 0.2) is 4.77 Å². The van der Waals surface area contributed by atoms with E-state index in [-0.39, 0.29) is 5.56 Å². The summed E-state index contributed by atoms with van der Waals surface area (Å²) < 4.78 is 7.26. The van der Waals surface area contributed by atoms with Crippen molar-refractivity contribution in [2.24, 2.45) is 0 Å². The summed E-state index contributed by atoms with van der Waals surface area (Å²) in [6, 6.07) is 7.40. The van der Waals surface area contributed by atoms with Crippen molar-refractivity contribution in [2.75, 3.05) is 31.3 Å². The number of para-hydroxylation sites is 1. The van der Waals surface area contributed by atoms with E-state index in [2.05, 4.69) is 4.98 Å². The van der Waals surface area contributed by atoms with E-state index in [0.717, 1.165) is 5.52 Å². The SMILES string of the molecule is O=c1c2ccccc2[nH]c(=S)n1N1CCOCC1. The third-order valence-corrected chi connectivity index (χ3v) is 3.33. The average Bonchev–Trinajstić information content (AvgIpc) is 2.40. The minimum Gasteiger partial charge on any atom is -0.378 e. The van der Waals surface area contributed by atoms with Crippen LogP contribution in [0.4, 0.5) is 0 Å². The number of hydrogen-bond donors (Lipinski definition) is 1. The van der Waals surface area contributed by atoms with Gasteiger partial charge < -0.3 is 14.7 Å². The number of nitrogens with zero attached hydrogens (tertiary/aromatic N) is 2. The van der Waals surface area contributed by atoms with Crippen molar-refractivity contribution >= 4 is 23.1 Å². The number of benzene rings is 1. The standard InChI is InChI=1S/C12H13N3O2S/c16-11-9-3-1-2-4-10(9)13-12(18)15(11)14-5-7-17-8-6-14/h1-4H,5-8H2,(H,13,18). The van der Waals surface area contributed by atoms with Crippen molar-refractivity contribution in [3.63, 3.8) is 0 Å². The Hall–Kier alpha value is -1.66. The highest BCUT2D eigenvalue weighted by Gasteiger charge is 2.15. The highest BCUT2D eigenvalue weighted by Crippen LogP contribution is 2.06. The fourth-order valence-electron chi connectivity index (χ4n) is 2.16. The highest BCUT2D eigenvalue weighted by atomic mass is 32.1. The number of fused-ring (bicyclic) bond motifs is 1. The maximum atomic E-state index is 12.4. The fraction of sp³-hybridized carbons (Fsp3) is 0.333. The van der Waals surface area contributed by atoms with Crippen molar-refractivity contribution in [2.45, 2.75) is 0 Å². The molecule has 3 rings (SSSR count). The molecule has 5 nitrogen and oxygen atoms in total. The number of morpholine rings is 1. The Bertz CT molecular complexity index is 686. The largest absolute Gasteiger partial charge is 0.378 e. The quantitative estimate of drug-likeness (QED) is 0.781. The molecule has 0 bridgehead atoms. The maximum absolute atomic E-state index is 12.4. The van der Waals surface area contributed by atoms with Gasteiger partial charge in [0.05, 0.1) is 37.2 Å². The second kappa shape index (κ2) is 4.55. The van der Waals surface area contributed by atoms with E-state index in [4.69, 9.17) is 17.0 Å². The molecule has 0 radical (unpaired) electrons. The van der Waals surface area contributed by atoms with Crippen LogP contribution in [0.5, 0.6) is 0 Å². The molecule has 18 heavy (non-hydrogen) atoms. The Balaban J connectivity index is 2.22. The predicted octanol–water partition coefficient (Wildman–Crippen LogP) is 1.03. The molecule has 0 amide bonds. The Morgan fingerprint density at radius 1 is 1.22 bits per heavy atom. The van der Waals surface area contributed by atoms with E-state index in [9.17, 15) is 4.79 Å². The van der Waals surface area contributed by atoms with Crippen LogP contribution in [0.2, 0.25) is 0 Å². The fourth-order valence-corrected chi connectivity index (χ4v) is 2.47. The second-order valence-corrected chi connectivity index (χ2v) is 4.55. The number of aromatic amines is 1. The Morgan fingerprint density at radius 3 is 2.72 bits per heavy atom. The van der Waals surface area contributed by atoms with Crippen LogP contribution in [0.1, 0.15) is 0 Å². The first kappa shape index (κ1) is 11.4. The zero-order valence-corrected chi connectivity index (χ0v) is 10.6. The maximum Gasteiger partial charge on any atom is 0.280 e. The number of ether oxygens (including phenoxy) is 1. The van der Waals surface area contributed by atoms with Crippen molar-refractivity contribution in [1.82, 2.24) is 9.66 Å². The van der Waals surface area contributed by atoms with Gasteiger partial charge in [-0.05, 0) is 24.4 Å². The summed E-state index contributed by atoms with van der Waals surface area (Å²) in [6.07, 6.45) is 0. The molecular formula is C12H13N3O2S. The lowest BCUT2D eigenvalue weighted by Gasteiger charge is -2.29. The minimum absolute atomic E-state index is 0.0729. The molecule has 0 saturated carbocycles. The summed E-state index contributed by atoms with van der Waals surface area (Å²) in [6.45, 7) is 2.59. The van der Waals surface area contributed by atoms with Gasteiger partial charge in [-0.2, -0.15) is 4.68 Å². The minimum atomic E-state index is -0.0729. The molecule has 1 aliphatic rings. The first-order valence-corrected chi connectivity index (χ1v) is 6.25.